The number of hydrogen-bond donors (Lipinski definition) is 1. The maximum absolute atomic E-state index is 12.4. The van der Waals surface area contributed by atoms with Crippen molar-refractivity contribution in [3.05, 3.63) is 66.2 Å². The first-order valence-electron chi connectivity index (χ1n) is 9.23. The second-order valence-electron chi connectivity index (χ2n) is 6.45. The molecule has 0 spiro atoms. The van der Waals surface area contributed by atoms with Gasteiger partial charge in [-0.1, -0.05) is 36.4 Å². The molecule has 0 bridgehead atoms. The summed E-state index contributed by atoms with van der Waals surface area (Å²) < 4.78 is 0. The van der Waals surface area contributed by atoms with Crippen molar-refractivity contribution in [2.45, 2.75) is 4.90 Å². The van der Waals surface area contributed by atoms with Crippen molar-refractivity contribution in [2.24, 2.45) is 0 Å². The first kappa shape index (κ1) is 19.5. The molecule has 3 rings (SSSR count). The van der Waals surface area contributed by atoms with Crippen LogP contribution >= 0.6 is 11.8 Å². The van der Waals surface area contributed by atoms with Crippen LogP contribution in [-0.2, 0) is 4.79 Å². The van der Waals surface area contributed by atoms with Gasteiger partial charge in [0.15, 0.2) is 0 Å². The first-order chi connectivity index (χ1) is 13.2. The summed E-state index contributed by atoms with van der Waals surface area (Å²) in [5, 5.41) is 2.98. The molecule has 1 heterocycles. The molecular formula is C21H25N3O2S. The predicted molar refractivity (Wildman–Crippen MR) is 109 cm³/mol. The third-order valence-electron chi connectivity index (χ3n) is 4.48. The molecular weight excluding hydrogens is 358 g/mol. The van der Waals surface area contributed by atoms with E-state index in [0.717, 1.165) is 24.4 Å². The average Bonchev–Trinajstić information content (AvgIpc) is 2.73. The fourth-order valence-electron chi connectivity index (χ4n) is 3.01. The van der Waals surface area contributed by atoms with Gasteiger partial charge in [-0.25, -0.2) is 0 Å². The van der Waals surface area contributed by atoms with Crippen LogP contribution in [0, 0.1) is 0 Å². The Kier molecular flexibility index (Phi) is 7.30. The maximum atomic E-state index is 12.4. The Morgan fingerprint density at radius 2 is 1.52 bits per heavy atom. The Hall–Kier alpha value is -2.31. The number of hydrogen-bond acceptors (Lipinski definition) is 4. The fourth-order valence-corrected chi connectivity index (χ4v) is 3.80. The van der Waals surface area contributed by atoms with Gasteiger partial charge < -0.3 is 10.2 Å². The molecule has 0 aliphatic carbocycles. The lowest BCUT2D eigenvalue weighted by Gasteiger charge is -2.34. The quantitative estimate of drug-likeness (QED) is 0.589. The highest BCUT2D eigenvalue weighted by atomic mass is 32.2. The molecule has 27 heavy (non-hydrogen) atoms. The Morgan fingerprint density at radius 3 is 2.19 bits per heavy atom. The van der Waals surface area contributed by atoms with Gasteiger partial charge in [0.1, 0.15) is 0 Å². The van der Waals surface area contributed by atoms with E-state index in [4.69, 9.17) is 0 Å². The highest BCUT2D eigenvalue weighted by Crippen LogP contribution is 2.15. The topological polar surface area (TPSA) is 52.7 Å². The van der Waals surface area contributed by atoms with Gasteiger partial charge in [-0.2, -0.15) is 0 Å². The monoisotopic (exact) mass is 383 g/mol. The van der Waals surface area contributed by atoms with E-state index in [1.165, 1.54) is 4.90 Å². The fraction of sp³-hybridized carbons (Fsp3) is 0.333. The summed E-state index contributed by atoms with van der Waals surface area (Å²) in [4.78, 5) is 29.7. The van der Waals surface area contributed by atoms with E-state index in [-0.39, 0.29) is 11.8 Å². The molecule has 0 aromatic heterocycles. The predicted octanol–water partition coefficient (Wildman–Crippen LogP) is 2.35. The summed E-state index contributed by atoms with van der Waals surface area (Å²) in [6, 6.07) is 19.5. The van der Waals surface area contributed by atoms with Gasteiger partial charge in [-0.15, -0.1) is 11.8 Å². The zero-order valence-electron chi connectivity index (χ0n) is 15.3. The highest BCUT2D eigenvalue weighted by molar-refractivity contribution is 7.99. The summed E-state index contributed by atoms with van der Waals surface area (Å²) in [7, 11) is 0. The maximum Gasteiger partial charge on any atom is 0.253 e. The van der Waals surface area contributed by atoms with Crippen molar-refractivity contribution in [3.8, 4) is 0 Å². The van der Waals surface area contributed by atoms with Crippen LogP contribution in [0.5, 0.6) is 0 Å². The second-order valence-corrected chi connectivity index (χ2v) is 7.61. The minimum Gasteiger partial charge on any atom is -0.354 e. The van der Waals surface area contributed by atoms with Crippen molar-refractivity contribution in [3.63, 3.8) is 0 Å². The normalized spacial score (nSPS) is 14.7. The standard InChI is InChI=1S/C21H25N3O2S/c25-20(22-11-16-27-19-9-5-2-6-10-19)17-23-12-14-24(15-13-23)21(26)18-7-3-1-4-8-18/h1-10H,11-17H2,(H,22,25). The van der Waals surface area contributed by atoms with Crippen LogP contribution in [0.25, 0.3) is 0 Å². The van der Waals surface area contributed by atoms with E-state index >= 15 is 0 Å². The van der Waals surface area contributed by atoms with Crippen molar-refractivity contribution in [1.82, 2.24) is 15.1 Å². The Morgan fingerprint density at radius 1 is 0.889 bits per heavy atom. The lowest BCUT2D eigenvalue weighted by molar-refractivity contribution is -0.122. The van der Waals surface area contributed by atoms with E-state index in [9.17, 15) is 9.59 Å². The largest absolute Gasteiger partial charge is 0.354 e. The van der Waals surface area contributed by atoms with Gasteiger partial charge in [-0.05, 0) is 24.3 Å². The van der Waals surface area contributed by atoms with Gasteiger partial charge in [-0.3, -0.25) is 14.5 Å². The number of nitrogens with zero attached hydrogens (tertiary/aromatic N) is 2. The Bertz CT molecular complexity index is 732. The molecule has 1 N–H and O–H groups in total. The second kappa shape index (κ2) is 10.1. The van der Waals surface area contributed by atoms with Crippen LogP contribution in [0.1, 0.15) is 10.4 Å². The zero-order valence-corrected chi connectivity index (χ0v) is 16.2. The smallest absolute Gasteiger partial charge is 0.253 e. The molecule has 142 valence electrons. The van der Waals surface area contributed by atoms with Crippen LogP contribution in [0.15, 0.2) is 65.6 Å². The van der Waals surface area contributed by atoms with Gasteiger partial charge in [0.25, 0.3) is 5.91 Å². The summed E-state index contributed by atoms with van der Waals surface area (Å²) >= 11 is 1.74. The van der Waals surface area contributed by atoms with Crippen molar-refractivity contribution in [1.29, 1.82) is 0 Å². The molecule has 1 saturated heterocycles. The summed E-state index contributed by atoms with van der Waals surface area (Å²) in [5.41, 5.74) is 0.722. The van der Waals surface area contributed by atoms with Crippen molar-refractivity contribution in [2.75, 3.05) is 45.0 Å². The van der Waals surface area contributed by atoms with E-state index in [0.29, 0.717) is 26.2 Å². The number of rotatable bonds is 7. The van der Waals surface area contributed by atoms with Crippen LogP contribution in [-0.4, -0.2) is 66.6 Å². The van der Waals surface area contributed by atoms with Gasteiger partial charge in [0.2, 0.25) is 5.91 Å². The van der Waals surface area contributed by atoms with Gasteiger partial charge >= 0.3 is 0 Å². The SMILES string of the molecule is O=C(CN1CCN(C(=O)c2ccccc2)CC1)NCCSc1ccccc1. The molecule has 0 saturated carbocycles. The molecule has 2 amide bonds. The number of thioether (sulfide) groups is 1. The first-order valence-corrected chi connectivity index (χ1v) is 10.2. The molecule has 6 heteroatoms. The van der Waals surface area contributed by atoms with Crippen LogP contribution in [0.2, 0.25) is 0 Å². The van der Waals surface area contributed by atoms with E-state index in [1.54, 1.807) is 11.8 Å². The number of carbonyl (C=O) groups is 2. The molecule has 1 fully saturated rings. The number of amides is 2. The minimum absolute atomic E-state index is 0.0477. The summed E-state index contributed by atoms with van der Waals surface area (Å²) in [6.45, 7) is 3.82. The number of benzene rings is 2. The lowest BCUT2D eigenvalue weighted by atomic mass is 10.2. The van der Waals surface area contributed by atoms with Gasteiger partial charge in [0, 0.05) is 48.9 Å². The molecule has 2 aromatic carbocycles. The van der Waals surface area contributed by atoms with Gasteiger partial charge in [0.05, 0.1) is 6.54 Å². The number of carbonyl (C=O) groups excluding carboxylic acids is 2. The Labute approximate surface area is 164 Å². The van der Waals surface area contributed by atoms with Crippen LogP contribution in [0.3, 0.4) is 0 Å². The molecule has 0 radical (unpaired) electrons. The summed E-state index contributed by atoms with van der Waals surface area (Å²) in [6.07, 6.45) is 0. The van der Waals surface area contributed by atoms with Crippen molar-refractivity contribution >= 4 is 23.6 Å². The molecule has 0 atom stereocenters. The summed E-state index contributed by atoms with van der Waals surface area (Å²) in [5.74, 6) is 0.971. The minimum atomic E-state index is 0.0477. The third-order valence-corrected chi connectivity index (χ3v) is 5.50. The highest BCUT2D eigenvalue weighted by Gasteiger charge is 2.22. The average molecular weight is 384 g/mol. The Balaban J connectivity index is 1.33. The zero-order chi connectivity index (χ0) is 18.9. The lowest BCUT2D eigenvalue weighted by Crippen LogP contribution is -2.51. The van der Waals surface area contributed by atoms with E-state index in [1.807, 2.05) is 53.4 Å². The number of piperazine rings is 1. The number of nitrogens with one attached hydrogen (secondary N) is 1. The molecule has 1 aliphatic rings. The molecule has 2 aromatic rings. The van der Waals surface area contributed by atoms with Crippen LogP contribution < -0.4 is 5.32 Å². The van der Waals surface area contributed by atoms with E-state index in [2.05, 4.69) is 22.3 Å². The molecule has 1 aliphatic heterocycles. The molecule has 0 unspecified atom stereocenters. The van der Waals surface area contributed by atoms with Crippen molar-refractivity contribution < 1.29 is 9.59 Å². The van der Waals surface area contributed by atoms with Crippen LogP contribution in [0.4, 0.5) is 0 Å². The van der Waals surface area contributed by atoms with E-state index < -0.39 is 0 Å². The third kappa shape index (κ3) is 6.12. The molecule has 5 nitrogen and oxygen atoms in total.